The number of piperidine rings is 1. The van der Waals surface area contributed by atoms with Crippen LogP contribution in [0.25, 0.3) is 0 Å². The van der Waals surface area contributed by atoms with Crippen LogP contribution in [-0.4, -0.2) is 19.9 Å². The molecule has 2 aliphatic heterocycles. The normalized spacial score (nSPS) is 19.5. The highest BCUT2D eigenvalue weighted by molar-refractivity contribution is 5.52. The summed E-state index contributed by atoms with van der Waals surface area (Å²) in [5, 5.41) is 3.27. The third-order valence-corrected chi connectivity index (χ3v) is 3.55. The van der Waals surface area contributed by atoms with Crippen LogP contribution in [0.2, 0.25) is 0 Å². The molecule has 0 atom stereocenters. The molecule has 3 rings (SSSR count). The number of alkyl halides is 2. The lowest BCUT2D eigenvalue weighted by atomic mass is 9.88. The van der Waals surface area contributed by atoms with E-state index in [1.807, 2.05) is 0 Å². The Balaban J connectivity index is 2.00. The summed E-state index contributed by atoms with van der Waals surface area (Å²) in [6.07, 6.45) is -0.578. The van der Waals surface area contributed by atoms with Gasteiger partial charge in [0.2, 0.25) is 6.79 Å². The summed E-state index contributed by atoms with van der Waals surface area (Å²) in [5.41, 5.74) is 0.898. The summed E-state index contributed by atoms with van der Waals surface area (Å²) in [5.74, 6) is 1.40. The van der Waals surface area contributed by atoms with Gasteiger partial charge in [-0.3, -0.25) is 0 Å². The summed E-state index contributed by atoms with van der Waals surface area (Å²) in [4.78, 5) is 0. The van der Waals surface area contributed by atoms with E-state index in [0.717, 1.165) is 31.5 Å². The van der Waals surface area contributed by atoms with Crippen molar-refractivity contribution in [1.82, 2.24) is 5.32 Å². The van der Waals surface area contributed by atoms with E-state index < -0.39 is 6.43 Å². The van der Waals surface area contributed by atoms with Crippen molar-refractivity contribution in [2.45, 2.75) is 25.2 Å². The number of benzene rings is 1. The maximum atomic E-state index is 12.9. The molecule has 1 N–H and O–H groups in total. The highest BCUT2D eigenvalue weighted by Crippen LogP contribution is 2.44. The lowest BCUT2D eigenvalue weighted by molar-refractivity contribution is 0.150. The van der Waals surface area contributed by atoms with Gasteiger partial charge in [-0.1, -0.05) is 0 Å². The first-order valence-electron chi connectivity index (χ1n) is 6.18. The molecule has 5 heteroatoms. The third kappa shape index (κ3) is 2.03. The first-order valence-corrected chi connectivity index (χ1v) is 6.18. The van der Waals surface area contributed by atoms with Crippen LogP contribution in [0, 0.1) is 0 Å². The molecule has 0 spiro atoms. The smallest absolute Gasteiger partial charge is 0.263 e. The van der Waals surface area contributed by atoms with Gasteiger partial charge in [-0.25, -0.2) is 8.78 Å². The average molecular weight is 255 g/mol. The summed E-state index contributed by atoms with van der Waals surface area (Å²) >= 11 is 0. The maximum absolute atomic E-state index is 12.9. The molecule has 1 fully saturated rings. The molecule has 98 valence electrons. The zero-order valence-electron chi connectivity index (χ0n) is 9.92. The molecular weight excluding hydrogens is 240 g/mol. The second-order valence-corrected chi connectivity index (χ2v) is 4.67. The SMILES string of the molecule is FC(F)c1cc2c(c(C3CCNCC3)c1)OCO2. The molecule has 0 bridgehead atoms. The summed E-state index contributed by atoms with van der Waals surface area (Å²) in [7, 11) is 0. The van der Waals surface area contributed by atoms with E-state index in [4.69, 9.17) is 9.47 Å². The van der Waals surface area contributed by atoms with Crippen molar-refractivity contribution in [2.24, 2.45) is 0 Å². The van der Waals surface area contributed by atoms with Gasteiger partial charge in [0.05, 0.1) is 0 Å². The molecule has 0 unspecified atom stereocenters. The van der Waals surface area contributed by atoms with Gasteiger partial charge in [-0.2, -0.15) is 0 Å². The molecule has 1 aromatic rings. The quantitative estimate of drug-likeness (QED) is 0.881. The van der Waals surface area contributed by atoms with E-state index in [1.165, 1.54) is 6.07 Å². The molecule has 1 saturated heterocycles. The standard InChI is InChI=1S/C13H15F2NO2/c14-13(15)9-5-10(8-1-3-16-4-2-8)12-11(6-9)17-7-18-12/h5-6,8,13,16H,1-4,7H2. The Morgan fingerprint density at radius 2 is 1.94 bits per heavy atom. The zero-order chi connectivity index (χ0) is 12.5. The number of halogens is 2. The predicted octanol–water partition coefficient (Wildman–Crippen LogP) is 2.82. The van der Waals surface area contributed by atoms with Gasteiger partial charge >= 0.3 is 0 Å². The van der Waals surface area contributed by atoms with Crippen molar-refractivity contribution >= 4 is 0 Å². The Hall–Kier alpha value is -1.36. The van der Waals surface area contributed by atoms with Crippen LogP contribution in [0.5, 0.6) is 11.5 Å². The molecule has 2 heterocycles. The van der Waals surface area contributed by atoms with Crippen LogP contribution in [0.4, 0.5) is 8.78 Å². The van der Waals surface area contributed by atoms with Gasteiger partial charge in [0.25, 0.3) is 6.43 Å². The molecule has 1 aromatic carbocycles. The monoisotopic (exact) mass is 255 g/mol. The van der Waals surface area contributed by atoms with Gasteiger partial charge in [0.1, 0.15) is 0 Å². The molecular formula is C13H15F2NO2. The number of hydrogen-bond donors (Lipinski definition) is 1. The van der Waals surface area contributed by atoms with Gasteiger partial charge in [0.15, 0.2) is 11.5 Å². The van der Waals surface area contributed by atoms with E-state index in [0.29, 0.717) is 11.5 Å². The van der Waals surface area contributed by atoms with Crippen LogP contribution in [0.15, 0.2) is 12.1 Å². The van der Waals surface area contributed by atoms with Gasteiger partial charge in [-0.15, -0.1) is 0 Å². The van der Waals surface area contributed by atoms with Gasteiger partial charge < -0.3 is 14.8 Å². The van der Waals surface area contributed by atoms with Crippen LogP contribution < -0.4 is 14.8 Å². The van der Waals surface area contributed by atoms with Crippen molar-refractivity contribution in [3.05, 3.63) is 23.3 Å². The van der Waals surface area contributed by atoms with Crippen molar-refractivity contribution < 1.29 is 18.3 Å². The number of nitrogens with one attached hydrogen (secondary N) is 1. The van der Waals surface area contributed by atoms with E-state index in [-0.39, 0.29) is 18.3 Å². The van der Waals surface area contributed by atoms with Crippen LogP contribution in [0.3, 0.4) is 0 Å². The number of fused-ring (bicyclic) bond motifs is 1. The lowest BCUT2D eigenvalue weighted by Crippen LogP contribution is -2.26. The second kappa shape index (κ2) is 4.72. The van der Waals surface area contributed by atoms with Crippen molar-refractivity contribution in [1.29, 1.82) is 0 Å². The van der Waals surface area contributed by atoms with Crippen LogP contribution in [0.1, 0.15) is 36.3 Å². The average Bonchev–Trinajstić information content (AvgIpc) is 2.86. The highest BCUT2D eigenvalue weighted by Gasteiger charge is 2.27. The zero-order valence-corrected chi connectivity index (χ0v) is 9.92. The fourth-order valence-electron chi connectivity index (χ4n) is 2.62. The Morgan fingerprint density at radius 1 is 1.17 bits per heavy atom. The molecule has 3 nitrogen and oxygen atoms in total. The molecule has 18 heavy (non-hydrogen) atoms. The van der Waals surface area contributed by atoms with Gasteiger partial charge in [-0.05, 0) is 44.0 Å². The molecule has 0 radical (unpaired) electrons. The minimum atomic E-state index is -2.47. The van der Waals surface area contributed by atoms with Crippen molar-refractivity contribution in [2.75, 3.05) is 19.9 Å². The molecule has 0 amide bonds. The third-order valence-electron chi connectivity index (χ3n) is 3.55. The number of hydrogen-bond acceptors (Lipinski definition) is 3. The topological polar surface area (TPSA) is 30.5 Å². The lowest BCUT2D eigenvalue weighted by Gasteiger charge is -2.24. The van der Waals surface area contributed by atoms with Gasteiger partial charge in [0, 0.05) is 11.1 Å². The summed E-state index contributed by atoms with van der Waals surface area (Å²) in [6, 6.07) is 2.96. The summed E-state index contributed by atoms with van der Waals surface area (Å²) in [6.45, 7) is 1.96. The molecule has 0 saturated carbocycles. The van der Waals surface area contributed by atoms with E-state index in [1.54, 1.807) is 6.07 Å². The van der Waals surface area contributed by atoms with Crippen LogP contribution >= 0.6 is 0 Å². The Kier molecular flexibility index (Phi) is 3.07. The van der Waals surface area contributed by atoms with E-state index >= 15 is 0 Å². The van der Waals surface area contributed by atoms with E-state index in [9.17, 15) is 8.78 Å². The second-order valence-electron chi connectivity index (χ2n) is 4.67. The van der Waals surface area contributed by atoms with E-state index in [2.05, 4.69) is 5.32 Å². The summed E-state index contributed by atoms with van der Waals surface area (Å²) < 4.78 is 36.4. The van der Waals surface area contributed by atoms with Crippen molar-refractivity contribution in [3.63, 3.8) is 0 Å². The largest absolute Gasteiger partial charge is 0.454 e. The van der Waals surface area contributed by atoms with Crippen molar-refractivity contribution in [3.8, 4) is 11.5 Å². The Bertz CT molecular complexity index is 445. The molecule has 0 aromatic heterocycles. The Labute approximate surface area is 104 Å². The molecule has 0 aliphatic carbocycles. The molecule has 2 aliphatic rings. The fraction of sp³-hybridized carbons (Fsp3) is 0.538. The first kappa shape index (κ1) is 11.7. The maximum Gasteiger partial charge on any atom is 0.263 e. The minimum absolute atomic E-state index is 0.0211. The Morgan fingerprint density at radius 3 is 2.67 bits per heavy atom. The van der Waals surface area contributed by atoms with Crippen LogP contribution in [-0.2, 0) is 0 Å². The fourth-order valence-corrected chi connectivity index (χ4v) is 2.62. The first-order chi connectivity index (χ1) is 8.75. The predicted molar refractivity (Wildman–Crippen MR) is 62.4 cm³/mol. The number of rotatable bonds is 2. The highest BCUT2D eigenvalue weighted by atomic mass is 19.3. The minimum Gasteiger partial charge on any atom is -0.454 e. The number of ether oxygens (including phenoxy) is 2.